The highest BCUT2D eigenvalue weighted by Gasteiger charge is 2.15. The SMILES string of the molecule is COc1ccc(C(=O)CC(=O)c2ccc(OC)c(Cl)c2)cc1. The van der Waals surface area contributed by atoms with Gasteiger partial charge in [0.25, 0.3) is 0 Å². The van der Waals surface area contributed by atoms with E-state index in [1.165, 1.54) is 13.2 Å². The molecule has 0 saturated heterocycles. The zero-order valence-corrected chi connectivity index (χ0v) is 13.0. The molecule has 2 rings (SSSR count). The third-order valence-electron chi connectivity index (χ3n) is 3.21. The molecule has 4 nitrogen and oxygen atoms in total. The number of rotatable bonds is 6. The highest BCUT2D eigenvalue weighted by Crippen LogP contribution is 2.25. The molecule has 0 aromatic heterocycles. The van der Waals surface area contributed by atoms with Gasteiger partial charge >= 0.3 is 0 Å². The summed E-state index contributed by atoms with van der Waals surface area (Å²) in [5.74, 6) is 0.606. The van der Waals surface area contributed by atoms with Crippen LogP contribution >= 0.6 is 11.6 Å². The molecule has 0 atom stereocenters. The van der Waals surface area contributed by atoms with Crippen molar-refractivity contribution in [2.24, 2.45) is 0 Å². The van der Waals surface area contributed by atoms with Crippen LogP contribution in [0.25, 0.3) is 0 Å². The van der Waals surface area contributed by atoms with Gasteiger partial charge in [0.05, 0.1) is 25.7 Å². The Morgan fingerprint density at radius 3 is 2.05 bits per heavy atom. The van der Waals surface area contributed by atoms with Gasteiger partial charge in [0.1, 0.15) is 11.5 Å². The Kier molecular flexibility index (Phi) is 5.17. The maximum Gasteiger partial charge on any atom is 0.170 e. The van der Waals surface area contributed by atoms with Gasteiger partial charge in [0.15, 0.2) is 11.6 Å². The molecule has 22 heavy (non-hydrogen) atoms. The van der Waals surface area contributed by atoms with Gasteiger partial charge in [-0.1, -0.05) is 11.6 Å². The van der Waals surface area contributed by atoms with Gasteiger partial charge in [0.2, 0.25) is 0 Å². The maximum atomic E-state index is 12.2. The molecule has 0 spiro atoms. The average Bonchev–Trinajstić information content (AvgIpc) is 2.54. The molecule has 5 heteroatoms. The van der Waals surface area contributed by atoms with Gasteiger partial charge in [0, 0.05) is 11.1 Å². The van der Waals surface area contributed by atoms with Gasteiger partial charge in [-0.25, -0.2) is 0 Å². The van der Waals surface area contributed by atoms with Crippen molar-refractivity contribution in [3.8, 4) is 11.5 Å². The van der Waals surface area contributed by atoms with E-state index < -0.39 is 0 Å². The van der Waals surface area contributed by atoms with Crippen LogP contribution in [-0.2, 0) is 0 Å². The molecule has 0 amide bonds. The fourth-order valence-electron chi connectivity index (χ4n) is 1.97. The second-order valence-electron chi connectivity index (χ2n) is 4.60. The minimum absolute atomic E-state index is 0.213. The third-order valence-corrected chi connectivity index (χ3v) is 3.50. The van der Waals surface area contributed by atoms with E-state index in [9.17, 15) is 9.59 Å². The lowest BCUT2D eigenvalue weighted by molar-refractivity contribution is 0.0894. The number of ether oxygens (including phenoxy) is 2. The van der Waals surface area contributed by atoms with Gasteiger partial charge in [-0.3, -0.25) is 9.59 Å². The lowest BCUT2D eigenvalue weighted by atomic mass is 10.0. The number of carbonyl (C=O) groups is 2. The summed E-state index contributed by atoms with van der Waals surface area (Å²) in [4.78, 5) is 24.3. The lowest BCUT2D eigenvalue weighted by Gasteiger charge is -2.06. The number of hydrogen-bond donors (Lipinski definition) is 0. The Labute approximate surface area is 133 Å². The van der Waals surface area contributed by atoms with E-state index in [1.54, 1.807) is 43.5 Å². The van der Waals surface area contributed by atoms with E-state index in [2.05, 4.69) is 0 Å². The fourth-order valence-corrected chi connectivity index (χ4v) is 2.22. The second-order valence-corrected chi connectivity index (χ2v) is 5.01. The van der Waals surface area contributed by atoms with Crippen LogP contribution in [0.15, 0.2) is 42.5 Å². The molecule has 0 aliphatic rings. The number of methoxy groups -OCH3 is 2. The molecule has 2 aromatic rings. The van der Waals surface area contributed by atoms with Crippen molar-refractivity contribution in [3.05, 3.63) is 58.6 Å². The minimum atomic E-state index is -0.287. The monoisotopic (exact) mass is 318 g/mol. The summed E-state index contributed by atoms with van der Waals surface area (Å²) in [5, 5.41) is 0.338. The third kappa shape index (κ3) is 3.65. The number of ketones is 2. The second kappa shape index (κ2) is 7.09. The summed E-state index contributed by atoms with van der Waals surface area (Å²) >= 11 is 5.98. The molecule has 0 saturated carbocycles. The van der Waals surface area contributed by atoms with Crippen molar-refractivity contribution in [1.29, 1.82) is 0 Å². The summed E-state index contributed by atoms with van der Waals surface area (Å²) in [6, 6.07) is 11.3. The van der Waals surface area contributed by atoms with E-state index in [4.69, 9.17) is 21.1 Å². The fraction of sp³-hybridized carbons (Fsp3) is 0.176. The quantitative estimate of drug-likeness (QED) is 0.600. The number of benzene rings is 2. The maximum absolute atomic E-state index is 12.2. The molecule has 0 unspecified atom stereocenters. The molecule has 0 N–H and O–H groups in total. The first-order chi connectivity index (χ1) is 10.5. The smallest absolute Gasteiger partial charge is 0.170 e. The highest BCUT2D eigenvalue weighted by molar-refractivity contribution is 6.32. The average molecular weight is 319 g/mol. The lowest BCUT2D eigenvalue weighted by Crippen LogP contribution is -2.08. The van der Waals surface area contributed by atoms with E-state index >= 15 is 0 Å². The molecule has 0 bridgehead atoms. The first-order valence-corrected chi connectivity index (χ1v) is 6.97. The standard InChI is InChI=1S/C17H15ClO4/c1-21-13-6-3-11(4-7-13)15(19)10-16(20)12-5-8-17(22-2)14(18)9-12/h3-9H,10H2,1-2H3. The van der Waals surface area contributed by atoms with Crippen molar-refractivity contribution in [2.75, 3.05) is 14.2 Å². The molecular weight excluding hydrogens is 304 g/mol. The zero-order chi connectivity index (χ0) is 16.1. The predicted octanol–water partition coefficient (Wildman–Crippen LogP) is 3.81. The Morgan fingerprint density at radius 2 is 1.50 bits per heavy atom. The van der Waals surface area contributed by atoms with E-state index in [1.807, 2.05) is 0 Å². The number of Topliss-reactive ketones (excluding diaryl/α,β-unsaturated/α-hetero) is 2. The van der Waals surface area contributed by atoms with E-state index in [0.29, 0.717) is 27.6 Å². The molecular formula is C17H15ClO4. The van der Waals surface area contributed by atoms with Crippen LogP contribution in [-0.4, -0.2) is 25.8 Å². The molecule has 2 aromatic carbocycles. The van der Waals surface area contributed by atoms with Crippen molar-refractivity contribution in [2.45, 2.75) is 6.42 Å². The first-order valence-electron chi connectivity index (χ1n) is 6.59. The number of halogens is 1. The molecule has 0 aliphatic carbocycles. The number of hydrogen-bond acceptors (Lipinski definition) is 4. The van der Waals surface area contributed by atoms with Gasteiger partial charge in [-0.05, 0) is 42.5 Å². The molecule has 0 aliphatic heterocycles. The van der Waals surface area contributed by atoms with Crippen LogP contribution in [0.5, 0.6) is 11.5 Å². The van der Waals surface area contributed by atoms with Crippen molar-refractivity contribution >= 4 is 23.2 Å². The van der Waals surface area contributed by atoms with E-state index in [-0.39, 0.29) is 18.0 Å². The van der Waals surface area contributed by atoms with Crippen LogP contribution in [0, 0.1) is 0 Å². The van der Waals surface area contributed by atoms with Gasteiger partial charge in [-0.15, -0.1) is 0 Å². The topological polar surface area (TPSA) is 52.6 Å². The minimum Gasteiger partial charge on any atom is -0.497 e. The number of carbonyl (C=O) groups excluding carboxylic acids is 2. The van der Waals surface area contributed by atoms with Crippen molar-refractivity contribution in [3.63, 3.8) is 0 Å². The van der Waals surface area contributed by atoms with Crippen molar-refractivity contribution in [1.82, 2.24) is 0 Å². The van der Waals surface area contributed by atoms with E-state index in [0.717, 1.165) is 0 Å². The Hall–Kier alpha value is -2.33. The first kappa shape index (κ1) is 16.0. The molecule has 114 valence electrons. The Balaban J connectivity index is 2.10. The predicted molar refractivity (Wildman–Crippen MR) is 84.3 cm³/mol. The molecule has 0 radical (unpaired) electrons. The molecule has 0 fully saturated rings. The summed E-state index contributed by atoms with van der Waals surface area (Å²) in [6.07, 6.45) is -0.213. The largest absolute Gasteiger partial charge is 0.497 e. The van der Waals surface area contributed by atoms with Crippen LogP contribution < -0.4 is 9.47 Å². The molecule has 0 heterocycles. The van der Waals surface area contributed by atoms with Crippen LogP contribution in [0.1, 0.15) is 27.1 Å². The Bertz CT molecular complexity index is 692. The van der Waals surface area contributed by atoms with Gasteiger partial charge in [-0.2, -0.15) is 0 Å². The summed E-state index contributed by atoms with van der Waals surface area (Å²) in [5.41, 5.74) is 0.849. The highest BCUT2D eigenvalue weighted by atomic mass is 35.5. The summed E-state index contributed by atoms with van der Waals surface area (Å²) in [7, 11) is 3.05. The van der Waals surface area contributed by atoms with Crippen LogP contribution in [0.4, 0.5) is 0 Å². The normalized spacial score (nSPS) is 10.1. The van der Waals surface area contributed by atoms with Crippen LogP contribution in [0.3, 0.4) is 0 Å². The summed E-state index contributed by atoms with van der Waals surface area (Å²) < 4.78 is 10.1. The van der Waals surface area contributed by atoms with Crippen molar-refractivity contribution < 1.29 is 19.1 Å². The Morgan fingerprint density at radius 1 is 0.909 bits per heavy atom. The van der Waals surface area contributed by atoms with Crippen LogP contribution in [0.2, 0.25) is 5.02 Å². The summed E-state index contributed by atoms with van der Waals surface area (Å²) in [6.45, 7) is 0. The van der Waals surface area contributed by atoms with Gasteiger partial charge < -0.3 is 9.47 Å². The zero-order valence-electron chi connectivity index (χ0n) is 12.3.